The van der Waals surface area contributed by atoms with Crippen LogP contribution in [0.25, 0.3) is 0 Å². The molecule has 1 N–H and O–H groups in total. The van der Waals surface area contributed by atoms with Gasteiger partial charge in [-0.1, -0.05) is 13.8 Å². The predicted molar refractivity (Wildman–Crippen MR) is 83.4 cm³/mol. The van der Waals surface area contributed by atoms with E-state index in [0.29, 0.717) is 23.6 Å². The number of nitrogens with one attached hydrogen (secondary N) is 1. The number of likely N-dealkylation sites (tertiary alicyclic amines) is 1. The molecule has 4 heteroatoms. The Kier molecular flexibility index (Phi) is 5.37. The molecule has 0 atom stereocenters. The molecule has 0 aliphatic carbocycles. The number of rotatable bonds is 4. The number of amides is 2. The highest BCUT2D eigenvalue weighted by Crippen LogP contribution is 2.14. The highest BCUT2D eigenvalue weighted by atomic mass is 16.2. The van der Waals surface area contributed by atoms with E-state index in [1.807, 2.05) is 4.90 Å². The summed E-state index contributed by atoms with van der Waals surface area (Å²) in [4.78, 5) is 26.1. The predicted octanol–water partition coefficient (Wildman–Crippen LogP) is 2.70. The average molecular weight is 288 g/mol. The van der Waals surface area contributed by atoms with Crippen LogP contribution in [0.15, 0.2) is 24.3 Å². The summed E-state index contributed by atoms with van der Waals surface area (Å²) >= 11 is 0. The van der Waals surface area contributed by atoms with Crippen LogP contribution in [0, 0.1) is 5.92 Å². The van der Waals surface area contributed by atoms with Crippen LogP contribution in [0.4, 0.5) is 0 Å². The first kappa shape index (κ1) is 15.5. The lowest BCUT2D eigenvalue weighted by molar-refractivity contribution is 0.0724. The largest absolute Gasteiger partial charge is 0.352 e. The van der Waals surface area contributed by atoms with Gasteiger partial charge >= 0.3 is 0 Å². The van der Waals surface area contributed by atoms with Crippen molar-refractivity contribution in [1.82, 2.24) is 10.2 Å². The molecule has 2 rings (SSSR count). The van der Waals surface area contributed by atoms with Gasteiger partial charge in [0.25, 0.3) is 11.8 Å². The van der Waals surface area contributed by atoms with Crippen molar-refractivity contribution in [3.63, 3.8) is 0 Å². The van der Waals surface area contributed by atoms with Gasteiger partial charge in [0.2, 0.25) is 0 Å². The van der Waals surface area contributed by atoms with Crippen LogP contribution < -0.4 is 5.32 Å². The maximum absolute atomic E-state index is 12.3. The Bertz CT molecular complexity index is 488. The average Bonchev–Trinajstić information content (AvgIpc) is 2.53. The zero-order valence-electron chi connectivity index (χ0n) is 12.9. The van der Waals surface area contributed by atoms with Crippen LogP contribution in [-0.4, -0.2) is 36.3 Å². The second-order valence-corrected chi connectivity index (χ2v) is 6.03. The van der Waals surface area contributed by atoms with Crippen molar-refractivity contribution in [2.24, 2.45) is 5.92 Å². The zero-order valence-corrected chi connectivity index (χ0v) is 12.9. The third-order valence-corrected chi connectivity index (χ3v) is 3.71. The Hall–Kier alpha value is -1.84. The highest BCUT2D eigenvalue weighted by Gasteiger charge is 2.18. The summed E-state index contributed by atoms with van der Waals surface area (Å²) in [5.74, 6) is 0.415. The summed E-state index contributed by atoms with van der Waals surface area (Å²) in [6.07, 6.45) is 3.38. The van der Waals surface area contributed by atoms with E-state index in [9.17, 15) is 9.59 Å². The minimum absolute atomic E-state index is 0.0730. The number of piperidine rings is 1. The van der Waals surface area contributed by atoms with Gasteiger partial charge in [0.1, 0.15) is 0 Å². The van der Waals surface area contributed by atoms with Gasteiger partial charge in [0.05, 0.1) is 0 Å². The minimum atomic E-state index is -0.0827. The van der Waals surface area contributed by atoms with Crippen LogP contribution >= 0.6 is 0 Å². The molecule has 1 aliphatic rings. The molecule has 21 heavy (non-hydrogen) atoms. The molecule has 1 heterocycles. The van der Waals surface area contributed by atoms with E-state index in [0.717, 1.165) is 25.9 Å². The van der Waals surface area contributed by atoms with Crippen molar-refractivity contribution in [2.75, 3.05) is 19.6 Å². The lowest BCUT2D eigenvalue weighted by Gasteiger charge is -2.26. The van der Waals surface area contributed by atoms with Crippen LogP contribution in [0.2, 0.25) is 0 Å². The topological polar surface area (TPSA) is 49.4 Å². The first-order valence-electron chi connectivity index (χ1n) is 7.75. The molecule has 0 bridgehead atoms. The van der Waals surface area contributed by atoms with Crippen molar-refractivity contribution >= 4 is 11.8 Å². The molecule has 0 spiro atoms. The lowest BCUT2D eigenvalue weighted by Crippen LogP contribution is -2.35. The fourth-order valence-electron chi connectivity index (χ4n) is 2.44. The molecular weight excluding hydrogens is 264 g/mol. The maximum atomic E-state index is 12.3. The Morgan fingerprint density at radius 2 is 1.62 bits per heavy atom. The molecule has 0 saturated carbocycles. The number of hydrogen-bond donors (Lipinski definition) is 1. The van der Waals surface area contributed by atoms with Gasteiger partial charge in [-0.15, -0.1) is 0 Å². The normalized spacial score (nSPS) is 15.1. The number of carbonyl (C=O) groups is 2. The fourth-order valence-corrected chi connectivity index (χ4v) is 2.44. The summed E-state index contributed by atoms with van der Waals surface area (Å²) < 4.78 is 0. The Labute approximate surface area is 126 Å². The summed E-state index contributed by atoms with van der Waals surface area (Å²) in [7, 11) is 0. The molecule has 2 amide bonds. The molecule has 114 valence electrons. The Balaban J connectivity index is 1.97. The van der Waals surface area contributed by atoms with Crippen LogP contribution in [0.5, 0.6) is 0 Å². The Morgan fingerprint density at radius 1 is 1.05 bits per heavy atom. The molecule has 0 aromatic heterocycles. The molecular formula is C17H24N2O2. The summed E-state index contributed by atoms with van der Waals surface area (Å²) in [6.45, 7) is 6.46. The van der Waals surface area contributed by atoms with Gasteiger partial charge < -0.3 is 10.2 Å². The van der Waals surface area contributed by atoms with E-state index in [4.69, 9.17) is 0 Å². The number of carbonyl (C=O) groups excluding carboxylic acids is 2. The van der Waals surface area contributed by atoms with Gasteiger partial charge in [0, 0.05) is 30.8 Å². The van der Waals surface area contributed by atoms with Crippen LogP contribution in [-0.2, 0) is 0 Å². The minimum Gasteiger partial charge on any atom is -0.352 e. The van der Waals surface area contributed by atoms with Gasteiger partial charge in [-0.05, 0) is 49.4 Å². The van der Waals surface area contributed by atoms with Gasteiger partial charge in [-0.3, -0.25) is 9.59 Å². The smallest absolute Gasteiger partial charge is 0.253 e. The monoisotopic (exact) mass is 288 g/mol. The second-order valence-electron chi connectivity index (χ2n) is 6.03. The molecule has 1 saturated heterocycles. The zero-order chi connectivity index (χ0) is 15.2. The van der Waals surface area contributed by atoms with Gasteiger partial charge in [-0.25, -0.2) is 0 Å². The van der Waals surface area contributed by atoms with Gasteiger partial charge in [-0.2, -0.15) is 0 Å². The standard InChI is InChI=1S/C17H24N2O2/c1-13(2)12-18-16(20)14-6-8-15(9-7-14)17(21)19-10-4-3-5-11-19/h6-9,13H,3-5,10-12H2,1-2H3,(H,18,20). The van der Waals surface area contributed by atoms with E-state index >= 15 is 0 Å². The molecule has 0 unspecified atom stereocenters. The van der Waals surface area contributed by atoms with E-state index in [-0.39, 0.29) is 11.8 Å². The SMILES string of the molecule is CC(C)CNC(=O)c1ccc(C(=O)N2CCCCC2)cc1. The molecule has 1 fully saturated rings. The molecule has 1 aromatic carbocycles. The van der Waals surface area contributed by atoms with E-state index < -0.39 is 0 Å². The summed E-state index contributed by atoms with van der Waals surface area (Å²) in [5.41, 5.74) is 1.27. The molecule has 1 aromatic rings. The number of benzene rings is 1. The van der Waals surface area contributed by atoms with E-state index in [1.165, 1.54) is 6.42 Å². The van der Waals surface area contributed by atoms with Crippen LogP contribution in [0.1, 0.15) is 53.8 Å². The van der Waals surface area contributed by atoms with Crippen molar-refractivity contribution < 1.29 is 9.59 Å². The van der Waals surface area contributed by atoms with Crippen molar-refractivity contribution in [3.8, 4) is 0 Å². The third-order valence-electron chi connectivity index (χ3n) is 3.71. The van der Waals surface area contributed by atoms with Crippen molar-refractivity contribution in [2.45, 2.75) is 33.1 Å². The highest BCUT2D eigenvalue weighted by molar-refractivity contribution is 5.97. The molecule has 0 radical (unpaired) electrons. The van der Waals surface area contributed by atoms with Crippen molar-refractivity contribution in [3.05, 3.63) is 35.4 Å². The van der Waals surface area contributed by atoms with Crippen molar-refractivity contribution in [1.29, 1.82) is 0 Å². The van der Waals surface area contributed by atoms with E-state index in [2.05, 4.69) is 19.2 Å². The summed E-state index contributed by atoms with van der Waals surface area (Å²) in [6, 6.07) is 6.96. The van der Waals surface area contributed by atoms with Gasteiger partial charge in [0.15, 0.2) is 0 Å². The van der Waals surface area contributed by atoms with E-state index in [1.54, 1.807) is 24.3 Å². The first-order chi connectivity index (χ1) is 10.1. The summed E-state index contributed by atoms with van der Waals surface area (Å²) in [5, 5.41) is 2.88. The lowest BCUT2D eigenvalue weighted by atomic mass is 10.1. The second kappa shape index (κ2) is 7.25. The Morgan fingerprint density at radius 3 is 2.19 bits per heavy atom. The first-order valence-corrected chi connectivity index (χ1v) is 7.75. The number of hydrogen-bond acceptors (Lipinski definition) is 2. The molecule has 1 aliphatic heterocycles. The third kappa shape index (κ3) is 4.31. The van der Waals surface area contributed by atoms with Crippen LogP contribution in [0.3, 0.4) is 0 Å². The number of nitrogens with zero attached hydrogens (tertiary/aromatic N) is 1. The maximum Gasteiger partial charge on any atom is 0.253 e. The molecule has 4 nitrogen and oxygen atoms in total. The fraction of sp³-hybridized carbons (Fsp3) is 0.529. The quantitative estimate of drug-likeness (QED) is 0.926.